The zero-order chi connectivity index (χ0) is 21.2. The minimum Gasteiger partial charge on any atom is -0.475 e. The van der Waals surface area contributed by atoms with E-state index in [9.17, 15) is 18.0 Å². The lowest BCUT2D eigenvalue weighted by Crippen LogP contribution is -2.21. The molecule has 0 fully saturated rings. The molecule has 150 valence electrons. The Labute approximate surface area is 160 Å². The lowest BCUT2D eigenvalue weighted by molar-refractivity contribution is -0.192. The van der Waals surface area contributed by atoms with E-state index in [1.165, 1.54) is 6.92 Å². The number of aliphatic carboxylic acids is 1. The molecule has 9 nitrogen and oxygen atoms in total. The summed E-state index contributed by atoms with van der Waals surface area (Å²) < 4.78 is 33.7. The fourth-order valence-corrected chi connectivity index (χ4v) is 2.47. The van der Waals surface area contributed by atoms with E-state index in [1.54, 1.807) is 6.20 Å². The summed E-state index contributed by atoms with van der Waals surface area (Å²) in [6, 6.07) is 9.43. The van der Waals surface area contributed by atoms with Gasteiger partial charge in [-0.15, -0.1) is 10.2 Å². The van der Waals surface area contributed by atoms with Gasteiger partial charge in [0.05, 0.1) is 11.7 Å². The van der Waals surface area contributed by atoms with Crippen LogP contribution < -0.4 is 5.32 Å². The summed E-state index contributed by atoms with van der Waals surface area (Å²) in [6.07, 6.45) is -1.57. The predicted octanol–water partition coefficient (Wildman–Crippen LogP) is 2.86. The summed E-state index contributed by atoms with van der Waals surface area (Å²) in [6.45, 7) is 1.48. The zero-order valence-corrected chi connectivity index (χ0v) is 14.7. The number of halogens is 3. The molecule has 0 aliphatic rings. The maximum atomic E-state index is 11.1. The number of hydrogen-bond donors (Lipinski definition) is 3. The molecule has 3 N–H and O–H groups in total. The highest BCUT2D eigenvalue weighted by atomic mass is 19.4. The molecule has 3 aromatic heterocycles. The van der Waals surface area contributed by atoms with Crippen molar-refractivity contribution in [3.63, 3.8) is 0 Å². The smallest absolute Gasteiger partial charge is 0.475 e. The van der Waals surface area contributed by atoms with Crippen molar-refractivity contribution in [2.24, 2.45) is 0 Å². The first-order chi connectivity index (χ1) is 13.7. The number of carboxylic acids is 1. The molecule has 1 aromatic carbocycles. The van der Waals surface area contributed by atoms with Crippen LogP contribution in [0.3, 0.4) is 0 Å². The van der Waals surface area contributed by atoms with E-state index in [2.05, 4.69) is 25.5 Å². The first-order valence-corrected chi connectivity index (χ1v) is 8.02. The predicted molar refractivity (Wildman–Crippen MR) is 96.1 cm³/mol. The maximum absolute atomic E-state index is 11.1. The lowest BCUT2D eigenvalue weighted by atomic mass is 10.2. The molecular weight excluding hydrogens is 393 g/mol. The third-order valence-corrected chi connectivity index (χ3v) is 3.65. The van der Waals surface area contributed by atoms with Gasteiger partial charge in [0, 0.05) is 24.4 Å². The Morgan fingerprint density at radius 2 is 1.79 bits per heavy atom. The number of alkyl halides is 3. The van der Waals surface area contributed by atoms with Gasteiger partial charge >= 0.3 is 12.1 Å². The number of H-pyrrole nitrogens is 1. The number of rotatable bonds is 2. The van der Waals surface area contributed by atoms with E-state index in [1.807, 2.05) is 40.9 Å². The first-order valence-electron chi connectivity index (χ1n) is 8.02. The van der Waals surface area contributed by atoms with Crippen LogP contribution in [0.25, 0.3) is 28.2 Å². The zero-order valence-electron chi connectivity index (χ0n) is 14.7. The number of anilines is 1. The molecule has 0 spiro atoms. The second kappa shape index (κ2) is 7.58. The van der Waals surface area contributed by atoms with Gasteiger partial charge in [0.25, 0.3) is 0 Å². The molecule has 29 heavy (non-hydrogen) atoms. The quantitative estimate of drug-likeness (QED) is 0.470. The van der Waals surface area contributed by atoms with E-state index in [0.29, 0.717) is 5.65 Å². The molecule has 4 aromatic rings. The molecule has 4 rings (SSSR count). The number of hydrogen-bond acceptors (Lipinski definition) is 5. The monoisotopic (exact) mass is 406 g/mol. The average Bonchev–Trinajstić information content (AvgIpc) is 3.27. The van der Waals surface area contributed by atoms with Gasteiger partial charge in [0.2, 0.25) is 5.91 Å². The number of carboxylic acid groups (broad SMARTS) is 1. The molecule has 0 aliphatic heterocycles. The molecule has 0 saturated carbocycles. The highest BCUT2D eigenvalue weighted by molar-refractivity contribution is 5.89. The molecule has 0 aliphatic carbocycles. The Bertz CT molecular complexity index is 1180. The van der Waals surface area contributed by atoms with Crippen LogP contribution in [0, 0.1) is 0 Å². The number of carbonyl (C=O) groups excluding carboxylic acids is 1. The number of nitrogens with one attached hydrogen (secondary N) is 2. The maximum Gasteiger partial charge on any atom is 0.490 e. The standard InChI is InChI=1S/C15H12N6O.C2HF3O2/c1-9(22)18-11-4-2-10(3-5-11)15-20-19-13-8-17-14-12(21(13)15)6-7-16-14;3-2(4,5)1(6)7/h2-8,16H,1H3,(H,18,22);(H,6,7). The number of carbonyl (C=O) groups is 2. The molecule has 3 heterocycles. The molecular formula is C17H13F3N6O3. The van der Waals surface area contributed by atoms with Crippen LogP contribution in [0.2, 0.25) is 0 Å². The van der Waals surface area contributed by atoms with Gasteiger partial charge in [-0.05, 0) is 30.3 Å². The number of nitrogens with zero attached hydrogens (tertiary/aromatic N) is 4. The van der Waals surface area contributed by atoms with Crippen molar-refractivity contribution in [1.29, 1.82) is 0 Å². The van der Waals surface area contributed by atoms with Crippen LogP contribution >= 0.6 is 0 Å². The van der Waals surface area contributed by atoms with Crippen molar-refractivity contribution in [1.82, 2.24) is 24.6 Å². The van der Waals surface area contributed by atoms with Crippen molar-refractivity contribution in [2.75, 3.05) is 5.32 Å². The van der Waals surface area contributed by atoms with Gasteiger partial charge in [-0.3, -0.25) is 9.20 Å². The first kappa shape index (κ1) is 19.8. The van der Waals surface area contributed by atoms with Crippen LogP contribution in [0.1, 0.15) is 6.92 Å². The summed E-state index contributed by atoms with van der Waals surface area (Å²) in [4.78, 5) is 27.3. The average molecular weight is 406 g/mol. The SMILES string of the molecule is CC(=O)Nc1ccc(-c2nnc3cnc4[nH]ccc4n23)cc1.O=C(O)C(F)(F)F. The third-order valence-electron chi connectivity index (χ3n) is 3.65. The normalized spacial score (nSPS) is 11.2. The van der Waals surface area contributed by atoms with E-state index >= 15 is 0 Å². The van der Waals surface area contributed by atoms with Gasteiger partial charge in [-0.2, -0.15) is 13.2 Å². The van der Waals surface area contributed by atoms with Crippen molar-refractivity contribution in [3.8, 4) is 11.4 Å². The largest absolute Gasteiger partial charge is 0.490 e. The lowest BCUT2D eigenvalue weighted by Gasteiger charge is -2.04. The van der Waals surface area contributed by atoms with Crippen molar-refractivity contribution >= 4 is 34.4 Å². The Hall–Kier alpha value is -3.96. The highest BCUT2D eigenvalue weighted by Gasteiger charge is 2.38. The van der Waals surface area contributed by atoms with Crippen molar-refractivity contribution in [2.45, 2.75) is 13.1 Å². The van der Waals surface area contributed by atoms with Gasteiger partial charge in [0.15, 0.2) is 17.1 Å². The topological polar surface area (TPSA) is 125 Å². The third kappa shape index (κ3) is 4.31. The molecule has 1 amide bonds. The number of amides is 1. The Kier molecular flexibility index (Phi) is 5.17. The molecule has 0 bridgehead atoms. The Morgan fingerprint density at radius 1 is 1.14 bits per heavy atom. The number of benzene rings is 1. The molecule has 0 saturated heterocycles. The van der Waals surface area contributed by atoms with E-state index in [0.717, 1.165) is 28.2 Å². The van der Waals surface area contributed by atoms with Gasteiger partial charge in [-0.1, -0.05) is 0 Å². The molecule has 12 heteroatoms. The number of aromatic nitrogens is 5. The van der Waals surface area contributed by atoms with Crippen LogP contribution in [0.15, 0.2) is 42.7 Å². The molecule has 0 unspecified atom stereocenters. The Balaban J connectivity index is 0.000000298. The van der Waals surface area contributed by atoms with E-state index in [4.69, 9.17) is 9.90 Å². The van der Waals surface area contributed by atoms with Crippen LogP contribution in [-0.2, 0) is 9.59 Å². The molecule has 0 atom stereocenters. The molecule has 0 radical (unpaired) electrons. The second-order valence-electron chi connectivity index (χ2n) is 5.75. The summed E-state index contributed by atoms with van der Waals surface area (Å²) in [5.41, 5.74) is 4.05. The minimum absolute atomic E-state index is 0.0965. The fourth-order valence-electron chi connectivity index (χ4n) is 2.47. The number of fused-ring (bicyclic) bond motifs is 3. The van der Waals surface area contributed by atoms with E-state index < -0.39 is 12.1 Å². The highest BCUT2D eigenvalue weighted by Crippen LogP contribution is 2.23. The van der Waals surface area contributed by atoms with E-state index in [-0.39, 0.29) is 5.91 Å². The number of aromatic amines is 1. The van der Waals surface area contributed by atoms with Crippen molar-refractivity contribution < 1.29 is 27.9 Å². The summed E-state index contributed by atoms with van der Waals surface area (Å²) >= 11 is 0. The van der Waals surface area contributed by atoms with Crippen LogP contribution in [0.5, 0.6) is 0 Å². The fraction of sp³-hybridized carbons (Fsp3) is 0.118. The van der Waals surface area contributed by atoms with Gasteiger partial charge in [0.1, 0.15) is 0 Å². The summed E-state index contributed by atoms with van der Waals surface area (Å²) in [5.74, 6) is -2.12. The van der Waals surface area contributed by atoms with Crippen LogP contribution in [0.4, 0.5) is 18.9 Å². The van der Waals surface area contributed by atoms with Crippen molar-refractivity contribution in [3.05, 3.63) is 42.7 Å². The second-order valence-corrected chi connectivity index (χ2v) is 5.75. The summed E-state index contributed by atoms with van der Waals surface area (Å²) in [5, 5.41) is 18.3. The summed E-state index contributed by atoms with van der Waals surface area (Å²) in [7, 11) is 0. The van der Waals surface area contributed by atoms with Gasteiger partial charge in [-0.25, -0.2) is 9.78 Å². The van der Waals surface area contributed by atoms with Crippen LogP contribution in [-0.4, -0.2) is 47.7 Å². The Morgan fingerprint density at radius 3 is 2.38 bits per heavy atom. The minimum atomic E-state index is -5.08. The van der Waals surface area contributed by atoms with Gasteiger partial charge < -0.3 is 15.4 Å².